The highest BCUT2D eigenvalue weighted by Crippen LogP contribution is 2.19. The Bertz CT molecular complexity index is 81.2. The quantitative estimate of drug-likeness (QED) is 0.486. The van der Waals surface area contributed by atoms with E-state index >= 15 is 0 Å². The summed E-state index contributed by atoms with van der Waals surface area (Å²) in [5.41, 5.74) is 0. The molecule has 1 rings (SSSR count). The van der Waals surface area contributed by atoms with Crippen molar-refractivity contribution < 1.29 is 0 Å². The van der Waals surface area contributed by atoms with Gasteiger partial charge in [-0.05, 0) is 13.8 Å². The van der Waals surface area contributed by atoms with E-state index in [2.05, 4.69) is 50.1 Å². The Balaban J connectivity index is 2.68. The molecule has 0 N–H and O–H groups in total. The fourth-order valence-electron chi connectivity index (χ4n) is 1.37. The molecule has 0 radical (unpaired) electrons. The van der Waals surface area contributed by atoms with E-state index in [9.17, 15) is 0 Å². The summed E-state index contributed by atoms with van der Waals surface area (Å²) >= 11 is 0. The lowest BCUT2D eigenvalue weighted by Gasteiger charge is -2.25. The summed E-state index contributed by atoms with van der Waals surface area (Å²) in [5, 5.41) is 6.63. The largest absolute Gasteiger partial charge is 0.227 e. The number of hydrazine groups is 2. The lowest BCUT2D eigenvalue weighted by atomic mass is 10.2. The first-order chi connectivity index (χ1) is 4.55. The van der Waals surface area contributed by atoms with E-state index in [-0.39, 0.29) is 0 Å². The van der Waals surface area contributed by atoms with Gasteiger partial charge >= 0.3 is 0 Å². The molecule has 1 aliphatic rings. The van der Waals surface area contributed by atoms with E-state index in [4.69, 9.17) is 0 Å². The van der Waals surface area contributed by atoms with Gasteiger partial charge in [0, 0.05) is 33.2 Å². The van der Waals surface area contributed by atoms with Crippen LogP contribution in [0.5, 0.6) is 0 Å². The van der Waals surface area contributed by atoms with Crippen molar-refractivity contribution in [3.63, 3.8) is 0 Å². The van der Waals surface area contributed by atoms with Crippen molar-refractivity contribution in [1.82, 2.24) is 15.1 Å². The highest BCUT2D eigenvalue weighted by Gasteiger charge is 2.33. The van der Waals surface area contributed by atoms with Crippen molar-refractivity contribution in [3.05, 3.63) is 0 Å². The summed E-state index contributed by atoms with van der Waals surface area (Å²) in [7, 11) is 6.31. The maximum atomic E-state index is 2.24. The number of rotatable bonds is 0. The monoisotopic (exact) mass is 143 g/mol. The van der Waals surface area contributed by atoms with Crippen LogP contribution in [0.3, 0.4) is 0 Å². The molecule has 0 aromatic rings. The summed E-state index contributed by atoms with van der Waals surface area (Å²) in [4.78, 5) is 0. The molecule has 10 heavy (non-hydrogen) atoms. The minimum absolute atomic E-state index is 0.620. The van der Waals surface area contributed by atoms with Crippen LogP contribution >= 0.6 is 0 Å². The Morgan fingerprint density at radius 3 is 1.20 bits per heavy atom. The molecular formula is C7H17N3. The molecule has 1 aliphatic heterocycles. The van der Waals surface area contributed by atoms with E-state index in [0.717, 1.165) is 0 Å². The van der Waals surface area contributed by atoms with Crippen molar-refractivity contribution in [2.75, 3.05) is 21.1 Å². The molecule has 0 amide bonds. The number of nitrogens with zero attached hydrogens (tertiary/aromatic N) is 3. The Morgan fingerprint density at radius 1 is 0.800 bits per heavy atom. The molecule has 1 fully saturated rings. The van der Waals surface area contributed by atoms with Gasteiger partial charge in [-0.15, -0.1) is 0 Å². The molecule has 2 atom stereocenters. The number of likely N-dealkylation sites (N-methyl/N-ethyl adjacent to an activating group) is 2. The van der Waals surface area contributed by atoms with Crippen LogP contribution < -0.4 is 0 Å². The fraction of sp³-hybridized carbons (Fsp3) is 1.00. The van der Waals surface area contributed by atoms with Gasteiger partial charge in [0.05, 0.1) is 0 Å². The second-order valence-corrected chi connectivity index (χ2v) is 3.12. The highest BCUT2D eigenvalue weighted by molar-refractivity contribution is 4.79. The molecule has 60 valence electrons. The first-order valence-corrected chi connectivity index (χ1v) is 3.75. The lowest BCUT2D eigenvalue weighted by Crippen LogP contribution is -2.38. The average Bonchev–Trinajstić information content (AvgIpc) is 2.07. The highest BCUT2D eigenvalue weighted by atomic mass is 15.9. The molecule has 0 aromatic heterocycles. The van der Waals surface area contributed by atoms with Crippen molar-refractivity contribution in [2.24, 2.45) is 0 Å². The number of hydrogen-bond acceptors (Lipinski definition) is 3. The third-order valence-electron chi connectivity index (χ3n) is 2.79. The summed E-state index contributed by atoms with van der Waals surface area (Å²) in [6.07, 6.45) is 0. The third-order valence-corrected chi connectivity index (χ3v) is 2.79. The van der Waals surface area contributed by atoms with Crippen LogP contribution in [0.4, 0.5) is 0 Å². The maximum absolute atomic E-state index is 2.24. The molecule has 0 aliphatic carbocycles. The van der Waals surface area contributed by atoms with E-state index in [0.29, 0.717) is 12.1 Å². The normalized spacial score (nSPS) is 39.3. The topological polar surface area (TPSA) is 9.72 Å². The average molecular weight is 143 g/mol. The van der Waals surface area contributed by atoms with Crippen molar-refractivity contribution in [3.8, 4) is 0 Å². The Kier molecular flexibility index (Phi) is 1.99. The summed E-state index contributed by atoms with van der Waals surface area (Å²) in [6.45, 7) is 4.48. The van der Waals surface area contributed by atoms with Crippen LogP contribution in [-0.4, -0.2) is 48.4 Å². The molecule has 0 saturated carbocycles. The molecule has 0 unspecified atom stereocenters. The van der Waals surface area contributed by atoms with Crippen LogP contribution in [0.2, 0.25) is 0 Å². The second-order valence-electron chi connectivity index (χ2n) is 3.12. The third kappa shape index (κ3) is 0.944. The van der Waals surface area contributed by atoms with Crippen LogP contribution in [0.1, 0.15) is 13.8 Å². The van der Waals surface area contributed by atoms with Crippen LogP contribution in [0, 0.1) is 0 Å². The van der Waals surface area contributed by atoms with Crippen molar-refractivity contribution in [2.45, 2.75) is 25.9 Å². The lowest BCUT2D eigenvalue weighted by molar-refractivity contribution is -0.0804. The van der Waals surface area contributed by atoms with E-state index in [1.807, 2.05) is 0 Å². The molecule has 1 heterocycles. The maximum Gasteiger partial charge on any atom is 0.0395 e. The second kappa shape index (κ2) is 2.49. The van der Waals surface area contributed by atoms with Gasteiger partial charge < -0.3 is 0 Å². The zero-order valence-corrected chi connectivity index (χ0v) is 7.50. The van der Waals surface area contributed by atoms with E-state index < -0.39 is 0 Å². The standard InChI is InChI=1S/C7H17N3/c1-6-7(2)9(4)10(5)8(6)3/h6-7H,1-5H3/t6-,7+. The predicted molar refractivity (Wildman–Crippen MR) is 42.2 cm³/mol. The zero-order chi connectivity index (χ0) is 7.89. The van der Waals surface area contributed by atoms with Gasteiger partial charge in [0.25, 0.3) is 0 Å². The molecule has 0 bridgehead atoms. The van der Waals surface area contributed by atoms with Gasteiger partial charge in [-0.25, -0.2) is 10.0 Å². The molecule has 3 nitrogen and oxygen atoms in total. The molecule has 1 saturated heterocycles. The minimum atomic E-state index is 0.620. The number of hydrogen-bond donors (Lipinski definition) is 0. The van der Waals surface area contributed by atoms with Crippen molar-refractivity contribution >= 4 is 0 Å². The Hall–Kier alpha value is -0.120. The van der Waals surface area contributed by atoms with Gasteiger partial charge in [0.2, 0.25) is 0 Å². The van der Waals surface area contributed by atoms with Gasteiger partial charge in [-0.1, -0.05) is 0 Å². The van der Waals surface area contributed by atoms with Gasteiger partial charge in [-0.2, -0.15) is 5.12 Å². The van der Waals surface area contributed by atoms with E-state index in [1.54, 1.807) is 0 Å². The molecule has 0 spiro atoms. The van der Waals surface area contributed by atoms with Crippen LogP contribution in [-0.2, 0) is 0 Å². The Labute approximate surface area is 63.1 Å². The zero-order valence-electron chi connectivity index (χ0n) is 7.50. The van der Waals surface area contributed by atoms with Crippen LogP contribution in [0.15, 0.2) is 0 Å². The SMILES string of the molecule is C[C@@H]1[C@H](C)N(C)N(C)N1C. The molecule has 0 aromatic carbocycles. The molecule has 3 heteroatoms. The minimum Gasteiger partial charge on any atom is -0.227 e. The van der Waals surface area contributed by atoms with Gasteiger partial charge in [0.15, 0.2) is 0 Å². The van der Waals surface area contributed by atoms with Gasteiger partial charge in [-0.3, -0.25) is 0 Å². The fourth-order valence-corrected chi connectivity index (χ4v) is 1.37. The smallest absolute Gasteiger partial charge is 0.0395 e. The summed E-state index contributed by atoms with van der Waals surface area (Å²) < 4.78 is 0. The summed E-state index contributed by atoms with van der Waals surface area (Å²) in [5.74, 6) is 0. The predicted octanol–water partition coefficient (Wildman–Crippen LogP) is 0.402. The summed E-state index contributed by atoms with van der Waals surface area (Å²) in [6, 6.07) is 1.24. The van der Waals surface area contributed by atoms with Crippen LogP contribution in [0.25, 0.3) is 0 Å². The van der Waals surface area contributed by atoms with Crippen molar-refractivity contribution in [1.29, 1.82) is 0 Å². The first-order valence-electron chi connectivity index (χ1n) is 3.75. The Morgan fingerprint density at radius 2 is 1.10 bits per heavy atom. The van der Waals surface area contributed by atoms with Gasteiger partial charge in [0.1, 0.15) is 0 Å². The molecular weight excluding hydrogens is 126 g/mol. The first kappa shape index (κ1) is 7.98. The van der Waals surface area contributed by atoms with E-state index in [1.165, 1.54) is 0 Å².